The van der Waals surface area contributed by atoms with E-state index in [1.807, 2.05) is 0 Å². The first kappa shape index (κ1) is 8.03. The molecule has 12 heavy (non-hydrogen) atoms. The van der Waals surface area contributed by atoms with Crippen molar-refractivity contribution in [3.63, 3.8) is 0 Å². The predicted molar refractivity (Wildman–Crippen MR) is 48.7 cm³/mol. The van der Waals surface area contributed by atoms with E-state index in [2.05, 4.69) is 12.2 Å². The van der Waals surface area contributed by atoms with Crippen LogP contribution in [0.2, 0.25) is 0 Å². The molecule has 0 aliphatic heterocycles. The Labute approximate surface area is 73.2 Å². The van der Waals surface area contributed by atoms with Crippen molar-refractivity contribution in [2.75, 3.05) is 0 Å². The van der Waals surface area contributed by atoms with Crippen LogP contribution in [0.4, 0.5) is 4.39 Å². The highest BCUT2D eigenvalue weighted by Gasteiger charge is 2.30. The third kappa shape index (κ3) is 1.45. The number of rotatable bonds is 2. The van der Waals surface area contributed by atoms with Gasteiger partial charge < -0.3 is 0 Å². The Morgan fingerprint density at radius 1 is 1.42 bits per heavy atom. The molecule has 2 aliphatic rings. The Balaban J connectivity index is 2.10. The Bertz CT molecular complexity index is 249. The van der Waals surface area contributed by atoms with Crippen LogP contribution in [0, 0.1) is 5.92 Å². The van der Waals surface area contributed by atoms with Crippen LogP contribution in [0.1, 0.15) is 33.1 Å². The van der Waals surface area contributed by atoms with E-state index in [9.17, 15) is 4.39 Å². The lowest BCUT2D eigenvalue weighted by atomic mass is 9.99. The average molecular weight is 166 g/mol. The molecular weight excluding hydrogens is 151 g/mol. The van der Waals surface area contributed by atoms with E-state index in [0.29, 0.717) is 0 Å². The normalized spacial score (nSPS) is 23.9. The van der Waals surface area contributed by atoms with Gasteiger partial charge in [0.2, 0.25) is 0 Å². The van der Waals surface area contributed by atoms with Crippen LogP contribution in [0.25, 0.3) is 0 Å². The summed E-state index contributed by atoms with van der Waals surface area (Å²) >= 11 is 0. The molecule has 0 amide bonds. The molecule has 0 unspecified atom stereocenters. The molecule has 0 aromatic rings. The number of allylic oxidation sites excluding steroid dienone is 4. The van der Waals surface area contributed by atoms with Crippen LogP contribution in [-0.2, 0) is 0 Å². The molecule has 1 fully saturated rings. The second-order valence-electron chi connectivity index (χ2n) is 4.32. The summed E-state index contributed by atoms with van der Waals surface area (Å²) in [5.74, 6) is 0.768. The third-order valence-corrected chi connectivity index (χ3v) is 2.71. The minimum atomic E-state index is -1.12. The molecule has 0 heterocycles. The van der Waals surface area contributed by atoms with E-state index in [1.54, 1.807) is 13.8 Å². The molecule has 0 spiro atoms. The zero-order valence-electron chi connectivity index (χ0n) is 7.73. The summed E-state index contributed by atoms with van der Waals surface area (Å²) in [4.78, 5) is 0. The molecule has 0 bridgehead atoms. The Hall–Kier alpha value is -0.590. The van der Waals surface area contributed by atoms with Gasteiger partial charge >= 0.3 is 0 Å². The van der Waals surface area contributed by atoms with Crippen molar-refractivity contribution >= 4 is 0 Å². The monoisotopic (exact) mass is 166 g/mol. The lowest BCUT2D eigenvalue weighted by Gasteiger charge is -2.14. The predicted octanol–water partition coefficient (Wildman–Crippen LogP) is 3.40. The van der Waals surface area contributed by atoms with Crippen LogP contribution in [-0.4, -0.2) is 5.67 Å². The Kier molecular flexibility index (Phi) is 1.64. The molecule has 2 rings (SSSR count). The van der Waals surface area contributed by atoms with Crippen LogP contribution in [0.15, 0.2) is 23.3 Å². The highest BCUT2D eigenvalue weighted by molar-refractivity contribution is 5.39. The van der Waals surface area contributed by atoms with Gasteiger partial charge in [0.15, 0.2) is 0 Å². The fourth-order valence-corrected chi connectivity index (χ4v) is 1.66. The van der Waals surface area contributed by atoms with E-state index in [1.165, 1.54) is 18.4 Å². The van der Waals surface area contributed by atoms with Gasteiger partial charge in [-0.15, -0.1) is 0 Å². The Morgan fingerprint density at radius 2 is 2.08 bits per heavy atom. The summed E-state index contributed by atoms with van der Waals surface area (Å²) < 4.78 is 13.4. The van der Waals surface area contributed by atoms with Crippen LogP contribution in [0.3, 0.4) is 0 Å². The lowest BCUT2D eigenvalue weighted by Crippen LogP contribution is -2.13. The van der Waals surface area contributed by atoms with E-state index < -0.39 is 5.67 Å². The van der Waals surface area contributed by atoms with Crippen molar-refractivity contribution in [1.29, 1.82) is 0 Å². The standard InChI is InChI=1S/C11H15F/c1-11(2,12)10-6-5-9(7-10)8-3-4-8/h5,7-8H,3-4,6H2,1-2H3. The van der Waals surface area contributed by atoms with Gasteiger partial charge in [0, 0.05) is 0 Å². The van der Waals surface area contributed by atoms with Gasteiger partial charge in [-0.25, -0.2) is 4.39 Å². The second-order valence-corrected chi connectivity index (χ2v) is 4.32. The molecule has 0 radical (unpaired) electrons. The largest absolute Gasteiger partial charge is 0.240 e. The molecule has 66 valence electrons. The summed E-state index contributed by atoms with van der Waals surface area (Å²) in [7, 11) is 0. The molecular formula is C11H15F. The van der Waals surface area contributed by atoms with Gasteiger partial charge in [-0.1, -0.05) is 12.2 Å². The Morgan fingerprint density at radius 3 is 2.50 bits per heavy atom. The second kappa shape index (κ2) is 2.45. The summed E-state index contributed by atoms with van der Waals surface area (Å²) in [6.07, 6.45) is 7.70. The minimum Gasteiger partial charge on any atom is -0.240 e. The summed E-state index contributed by atoms with van der Waals surface area (Å²) in [5, 5.41) is 0. The van der Waals surface area contributed by atoms with Gasteiger partial charge in [0.25, 0.3) is 0 Å². The minimum absolute atomic E-state index is 0.768. The number of halogens is 1. The summed E-state index contributed by atoms with van der Waals surface area (Å²) in [6.45, 7) is 3.28. The zero-order chi connectivity index (χ0) is 8.77. The van der Waals surface area contributed by atoms with Gasteiger partial charge in [-0.3, -0.25) is 0 Å². The van der Waals surface area contributed by atoms with Crippen molar-refractivity contribution in [1.82, 2.24) is 0 Å². The summed E-state index contributed by atoms with van der Waals surface area (Å²) in [6, 6.07) is 0. The van der Waals surface area contributed by atoms with Crippen molar-refractivity contribution in [2.45, 2.75) is 38.8 Å². The fourth-order valence-electron chi connectivity index (χ4n) is 1.66. The first-order valence-electron chi connectivity index (χ1n) is 4.67. The maximum Gasteiger partial charge on any atom is 0.127 e. The summed E-state index contributed by atoms with van der Waals surface area (Å²) in [5.41, 5.74) is 1.22. The molecule has 0 atom stereocenters. The highest BCUT2D eigenvalue weighted by atomic mass is 19.1. The van der Waals surface area contributed by atoms with Crippen molar-refractivity contribution in [2.24, 2.45) is 5.92 Å². The third-order valence-electron chi connectivity index (χ3n) is 2.71. The maximum absolute atomic E-state index is 13.4. The number of hydrogen-bond acceptors (Lipinski definition) is 0. The number of hydrogen-bond donors (Lipinski definition) is 0. The topological polar surface area (TPSA) is 0 Å². The molecule has 0 nitrogen and oxygen atoms in total. The smallest absolute Gasteiger partial charge is 0.127 e. The molecule has 0 N–H and O–H groups in total. The van der Waals surface area contributed by atoms with E-state index in [4.69, 9.17) is 0 Å². The molecule has 0 aromatic heterocycles. The van der Waals surface area contributed by atoms with Crippen LogP contribution < -0.4 is 0 Å². The number of alkyl halides is 1. The van der Waals surface area contributed by atoms with Gasteiger partial charge in [-0.05, 0) is 50.2 Å². The zero-order valence-corrected chi connectivity index (χ0v) is 7.73. The molecule has 0 saturated heterocycles. The quantitative estimate of drug-likeness (QED) is 0.589. The maximum atomic E-state index is 13.4. The first-order valence-corrected chi connectivity index (χ1v) is 4.67. The van der Waals surface area contributed by atoms with E-state index >= 15 is 0 Å². The van der Waals surface area contributed by atoms with Crippen molar-refractivity contribution < 1.29 is 4.39 Å². The first-order chi connectivity index (χ1) is 5.57. The molecule has 2 aliphatic carbocycles. The van der Waals surface area contributed by atoms with Crippen molar-refractivity contribution in [3.05, 3.63) is 23.3 Å². The van der Waals surface area contributed by atoms with E-state index in [-0.39, 0.29) is 0 Å². The average Bonchev–Trinajstić information content (AvgIpc) is 2.66. The highest BCUT2D eigenvalue weighted by Crippen LogP contribution is 2.42. The molecule has 0 aromatic carbocycles. The van der Waals surface area contributed by atoms with E-state index in [0.717, 1.165) is 17.9 Å². The van der Waals surface area contributed by atoms with Crippen LogP contribution in [0.5, 0.6) is 0 Å². The fraction of sp³-hybridized carbons (Fsp3) is 0.636. The van der Waals surface area contributed by atoms with Gasteiger partial charge in [0.1, 0.15) is 5.67 Å². The lowest BCUT2D eigenvalue weighted by molar-refractivity contribution is 0.265. The van der Waals surface area contributed by atoms with Crippen molar-refractivity contribution in [3.8, 4) is 0 Å². The van der Waals surface area contributed by atoms with Crippen LogP contribution >= 0.6 is 0 Å². The SMILES string of the molecule is CC(C)(F)C1=CC(C2CC2)=CC1. The van der Waals surface area contributed by atoms with Gasteiger partial charge in [-0.2, -0.15) is 0 Å². The molecule has 1 heteroatoms. The molecule has 1 saturated carbocycles. The van der Waals surface area contributed by atoms with Gasteiger partial charge in [0.05, 0.1) is 0 Å².